The van der Waals surface area contributed by atoms with Crippen molar-refractivity contribution in [1.82, 2.24) is 0 Å². The van der Waals surface area contributed by atoms with Crippen molar-refractivity contribution in [3.05, 3.63) is 46.7 Å². The first kappa shape index (κ1) is 14.3. The number of rotatable bonds is 4. The van der Waals surface area contributed by atoms with Crippen LogP contribution in [0.5, 0.6) is 0 Å². The fraction of sp³-hybridized carbons (Fsp3) is 0.375. The standard InChI is InChI=1S/C16H18O4/c1-4-19-16(18)14-11(3)20-13(15(14)17)9-12-7-5-10(2)6-8-12/h5-8,13H,4,9H2,1-3H3. The molecule has 20 heavy (non-hydrogen) atoms. The number of esters is 1. The molecule has 1 heterocycles. The first-order chi connectivity index (χ1) is 9.52. The summed E-state index contributed by atoms with van der Waals surface area (Å²) in [5, 5.41) is 0. The maximum atomic E-state index is 12.2. The molecule has 4 heteroatoms. The molecule has 1 atom stereocenters. The van der Waals surface area contributed by atoms with Crippen molar-refractivity contribution in [3.63, 3.8) is 0 Å². The Bertz CT molecular complexity index is 554. The minimum Gasteiger partial charge on any atom is -0.486 e. The van der Waals surface area contributed by atoms with Crippen LogP contribution >= 0.6 is 0 Å². The van der Waals surface area contributed by atoms with Gasteiger partial charge in [0.1, 0.15) is 11.3 Å². The molecule has 4 nitrogen and oxygen atoms in total. The molecule has 2 rings (SSSR count). The number of carbonyl (C=O) groups is 2. The number of benzene rings is 1. The van der Waals surface area contributed by atoms with E-state index in [-0.39, 0.29) is 18.0 Å². The fourth-order valence-corrected chi connectivity index (χ4v) is 2.18. The molecule has 0 aromatic heterocycles. The number of aryl methyl sites for hydroxylation is 1. The average molecular weight is 274 g/mol. The van der Waals surface area contributed by atoms with Crippen LogP contribution in [0.25, 0.3) is 0 Å². The third-order valence-electron chi connectivity index (χ3n) is 3.23. The predicted molar refractivity (Wildman–Crippen MR) is 74.1 cm³/mol. The number of carbonyl (C=O) groups excluding carboxylic acids is 2. The van der Waals surface area contributed by atoms with Crippen LogP contribution in [0.1, 0.15) is 25.0 Å². The quantitative estimate of drug-likeness (QED) is 0.624. The number of ketones is 1. The Balaban J connectivity index is 2.09. The Labute approximate surface area is 118 Å². The van der Waals surface area contributed by atoms with Gasteiger partial charge in [0.2, 0.25) is 5.78 Å². The maximum absolute atomic E-state index is 12.2. The Kier molecular flexibility index (Phi) is 4.23. The number of allylic oxidation sites excluding steroid dienone is 1. The SMILES string of the molecule is CCOC(=O)C1=C(C)OC(Cc2ccc(C)cc2)C1=O. The minimum atomic E-state index is -0.628. The van der Waals surface area contributed by atoms with Crippen LogP contribution in [-0.2, 0) is 25.5 Å². The van der Waals surface area contributed by atoms with Gasteiger partial charge < -0.3 is 9.47 Å². The van der Waals surface area contributed by atoms with E-state index in [0.29, 0.717) is 12.2 Å². The van der Waals surface area contributed by atoms with Gasteiger partial charge in [-0.1, -0.05) is 29.8 Å². The molecule has 0 saturated heterocycles. The zero-order valence-electron chi connectivity index (χ0n) is 11.9. The molecule has 0 aliphatic carbocycles. The number of hydrogen-bond donors (Lipinski definition) is 0. The van der Waals surface area contributed by atoms with Gasteiger partial charge in [0.25, 0.3) is 0 Å². The van der Waals surface area contributed by atoms with Crippen LogP contribution in [-0.4, -0.2) is 24.5 Å². The van der Waals surface area contributed by atoms with Gasteiger partial charge in [0, 0.05) is 6.42 Å². The first-order valence-electron chi connectivity index (χ1n) is 6.67. The van der Waals surface area contributed by atoms with Gasteiger partial charge in [-0.25, -0.2) is 4.79 Å². The van der Waals surface area contributed by atoms with Gasteiger partial charge in [-0.2, -0.15) is 0 Å². The molecule has 1 aromatic carbocycles. The monoisotopic (exact) mass is 274 g/mol. The van der Waals surface area contributed by atoms with Crippen LogP contribution < -0.4 is 0 Å². The third kappa shape index (κ3) is 2.90. The van der Waals surface area contributed by atoms with E-state index in [1.165, 1.54) is 0 Å². The average Bonchev–Trinajstić information content (AvgIpc) is 2.67. The Morgan fingerprint density at radius 2 is 1.90 bits per heavy atom. The first-order valence-corrected chi connectivity index (χ1v) is 6.67. The zero-order valence-corrected chi connectivity index (χ0v) is 11.9. The van der Waals surface area contributed by atoms with Crippen LogP contribution in [0.4, 0.5) is 0 Å². The molecule has 0 spiro atoms. The lowest BCUT2D eigenvalue weighted by molar-refractivity contribution is -0.140. The van der Waals surface area contributed by atoms with Gasteiger partial charge in [0.05, 0.1) is 6.61 Å². The molecule has 0 radical (unpaired) electrons. The van der Waals surface area contributed by atoms with E-state index in [2.05, 4.69) is 0 Å². The lowest BCUT2D eigenvalue weighted by Gasteiger charge is -2.10. The second-order valence-corrected chi connectivity index (χ2v) is 4.81. The molecular formula is C16H18O4. The van der Waals surface area contributed by atoms with Gasteiger partial charge in [-0.05, 0) is 26.3 Å². The molecule has 0 fully saturated rings. The summed E-state index contributed by atoms with van der Waals surface area (Å²) < 4.78 is 10.4. The largest absolute Gasteiger partial charge is 0.486 e. The Morgan fingerprint density at radius 1 is 1.25 bits per heavy atom. The summed E-state index contributed by atoms with van der Waals surface area (Å²) in [6, 6.07) is 7.90. The van der Waals surface area contributed by atoms with Gasteiger partial charge in [-0.15, -0.1) is 0 Å². The molecule has 0 saturated carbocycles. The van der Waals surface area contributed by atoms with E-state index in [1.54, 1.807) is 13.8 Å². The number of hydrogen-bond acceptors (Lipinski definition) is 4. The highest BCUT2D eigenvalue weighted by Crippen LogP contribution is 2.25. The van der Waals surface area contributed by atoms with E-state index in [9.17, 15) is 9.59 Å². The number of ether oxygens (including phenoxy) is 2. The molecule has 106 valence electrons. The lowest BCUT2D eigenvalue weighted by atomic mass is 10.0. The van der Waals surface area contributed by atoms with Gasteiger partial charge >= 0.3 is 5.97 Å². The van der Waals surface area contributed by atoms with E-state index >= 15 is 0 Å². The minimum absolute atomic E-state index is 0.0453. The summed E-state index contributed by atoms with van der Waals surface area (Å²) in [5.74, 6) is -0.534. The lowest BCUT2D eigenvalue weighted by Crippen LogP contribution is -2.24. The Hall–Kier alpha value is -2.10. The fourth-order valence-electron chi connectivity index (χ4n) is 2.18. The number of Topliss-reactive ketones (excluding diaryl/α,β-unsaturated/α-hetero) is 1. The topological polar surface area (TPSA) is 52.6 Å². The van der Waals surface area contributed by atoms with Crippen molar-refractivity contribution < 1.29 is 19.1 Å². The molecule has 0 amide bonds. The molecule has 0 bridgehead atoms. The van der Waals surface area contributed by atoms with Crippen molar-refractivity contribution in [3.8, 4) is 0 Å². The predicted octanol–water partition coefficient (Wildman–Crippen LogP) is 2.34. The molecule has 1 aliphatic heterocycles. The highest BCUT2D eigenvalue weighted by molar-refractivity contribution is 6.20. The van der Waals surface area contributed by atoms with Crippen LogP contribution in [0.2, 0.25) is 0 Å². The summed E-state index contributed by atoms with van der Waals surface area (Å²) in [6.45, 7) is 5.58. The second-order valence-electron chi connectivity index (χ2n) is 4.81. The van der Waals surface area contributed by atoms with E-state index in [0.717, 1.165) is 11.1 Å². The Morgan fingerprint density at radius 3 is 2.50 bits per heavy atom. The van der Waals surface area contributed by atoms with Gasteiger partial charge in [0.15, 0.2) is 6.10 Å². The van der Waals surface area contributed by atoms with E-state index < -0.39 is 12.1 Å². The van der Waals surface area contributed by atoms with Crippen molar-refractivity contribution in [1.29, 1.82) is 0 Å². The van der Waals surface area contributed by atoms with Crippen molar-refractivity contribution in [2.45, 2.75) is 33.3 Å². The van der Waals surface area contributed by atoms with Crippen LogP contribution in [0.3, 0.4) is 0 Å². The summed E-state index contributed by atoms with van der Waals surface area (Å²) >= 11 is 0. The molecule has 1 aromatic rings. The second kappa shape index (κ2) is 5.90. The normalized spacial score (nSPS) is 18.1. The smallest absolute Gasteiger partial charge is 0.345 e. The maximum Gasteiger partial charge on any atom is 0.345 e. The summed E-state index contributed by atoms with van der Waals surface area (Å²) in [7, 11) is 0. The molecule has 0 N–H and O–H groups in total. The van der Waals surface area contributed by atoms with Crippen LogP contribution in [0, 0.1) is 6.92 Å². The highest BCUT2D eigenvalue weighted by Gasteiger charge is 2.37. The summed E-state index contributed by atoms with van der Waals surface area (Å²) in [4.78, 5) is 23.9. The summed E-state index contributed by atoms with van der Waals surface area (Å²) in [6.07, 6.45) is -0.170. The van der Waals surface area contributed by atoms with Gasteiger partial charge in [-0.3, -0.25) is 4.79 Å². The zero-order chi connectivity index (χ0) is 14.7. The van der Waals surface area contributed by atoms with Crippen LogP contribution in [0.15, 0.2) is 35.6 Å². The molecule has 1 unspecified atom stereocenters. The third-order valence-corrected chi connectivity index (χ3v) is 3.23. The van der Waals surface area contributed by atoms with Crippen molar-refractivity contribution >= 4 is 11.8 Å². The van der Waals surface area contributed by atoms with E-state index in [1.807, 2.05) is 31.2 Å². The van der Waals surface area contributed by atoms with Crippen molar-refractivity contribution in [2.75, 3.05) is 6.61 Å². The summed E-state index contributed by atoms with van der Waals surface area (Å²) in [5.41, 5.74) is 2.21. The highest BCUT2D eigenvalue weighted by atomic mass is 16.5. The molecular weight excluding hydrogens is 256 g/mol. The van der Waals surface area contributed by atoms with E-state index in [4.69, 9.17) is 9.47 Å². The van der Waals surface area contributed by atoms with Crippen molar-refractivity contribution in [2.24, 2.45) is 0 Å². The molecule has 1 aliphatic rings.